The van der Waals surface area contributed by atoms with Crippen LogP contribution < -0.4 is 0 Å². The SMILES string of the molecule is CC(=O)O[C@@H]1Cc2ccccc2[C@H]1N=C=S. The average molecular weight is 233 g/mol. The fraction of sp³-hybridized carbons (Fsp3) is 0.333. The molecule has 2 rings (SSSR count). The van der Waals surface area contributed by atoms with E-state index in [4.69, 9.17) is 4.74 Å². The number of esters is 1. The number of aliphatic imine (C=N–C) groups is 1. The first-order chi connectivity index (χ1) is 7.72. The Morgan fingerprint density at radius 2 is 2.31 bits per heavy atom. The first kappa shape index (κ1) is 11.0. The number of hydrogen-bond donors (Lipinski definition) is 0. The number of fused-ring (bicyclic) bond motifs is 1. The van der Waals surface area contributed by atoms with Gasteiger partial charge in [-0.1, -0.05) is 24.3 Å². The van der Waals surface area contributed by atoms with Crippen molar-refractivity contribution in [3.63, 3.8) is 0 Å². The lowest BCUT2D eigenvalue weighted by Gasteiger charge is -2.15. The number of nitrogens with zero attached hydrogens (tertiary/aromatic N) is 1. The van der Waals surface area contributed by atoms with Crippen LogP contribution in [0.2, 0.25) is 0 Å². The number of carbonyl (C=O) groups excluding carboxylic acids is 1. The van der Waals surface area contributed by atoms with Gasteiger partial charge in [-0.05, 0) is 23.3 Å². The molecule has 0 unspecified atom stereocenters. The highest BCUT2D eigenvalue weighted by Gasteiger charge is 2.34. The second-order valence-electron chi connectivity index (χ2n) is 3.72. The van der Waals surface area contributed by atoms with E-state index < -0.39 is 0 Å². The fourth-order valence-electron chi connectivity index (χ4n) is 2.07. The Morgan fingerprint density at radius 3 is 3.00 bits per heavy atom. The Hall–Kier alpha value is -1.51. The van der Waals surface area contributed by atoms with Gasteiger partial charge >= 0.3 is 5.97 Å². The molecule has 16 heavy (non-hydrogen) atoms. The molecule has 0 aromatic heterocycles. The molecule has 82 valence electrons. The summed E-state index contributed by atoms with van der Waals surface area (Å²) in [6.45, 7) is 1.40. The van der Waals surface area contributed by atoms with E-state index in [2.05, 4.69) is 22.4 Å². The van der Waals surface area contributed by atoms with Crippen molar-refractivity contribution in [2.45, 2.75) is 25.5 Å². The van der Waals surface area contributed by atoms with Gasteiger partial charge in [-0.25, -0.2) is 4.99 Å². The molecule has 0 fully saturated rings. The molecule has 1 aromatic rings. The topological polar surface area (TPSA) is 38.7 Å². The molecule has 1 aliphatic rings. The quantitative estimate of drug-likeness (QED) is 0.447. The van der Waals surface area contributed by atoms with Crippen LogP contribution in [0.1, 0.15) is 24.1 Å². The Morgan fingerprint density at radius 1 is 1.56 bits per heavy atom. The normalized spacial score (nSPS) is 22.1. The zero-order valence-electron chi connectivity index (χ0n) is 8.84. The number of benzene rings is 1. The number of rotatable bonds is 2. The summed E-state index contributed by atoms with van der Waals surface area (Å²) in [5, 5.41) is 2.37. The minimum Gasteiger partial charge on any atom is -0.460 e. The van der Waals surface area contributed by atoms with Crippen molar-refractivity contribution in [2.75, 3.05) is 0 Å². The fourth-order valence-corrected chi connectivity index (χ4v) is 2.18. The van der Waals surface area contributed by atoms with Gasteiger partial charge in [0.15, 0.2) is 0 Å². The van der Waals surface area contributed by atoms with Crippen molar-refractivity contribution < 1.29 is 9.53 Å². The van der Waals surface area contributed by atoms with Gasteiger partial charge in [-0.3, -0.25) is 4.79 Å². The van der Waals surface area contributed by atoms with E-state index in [1.165, 1.54) is 6.92 Å². The highest BCUT2D eigenvalue weighted by atomic mass is 32.1. The molecule has 0 radical (unpaired) electrons. The first-order valence-electron chi connectivity index (χ1n) is 5.04. The molecule has 1 aliphatic carbocycles. The average Bonchev–Trinajstić information content (AvgIpc) is 2.57. The highest BCUT2D eigenvalue weighted by molar-refractivity contribution is 7.78. The standard InChI is InChI=1S/C12H11NO2S/c1-8(14)15-11-6-9-4-2-3-5-10(9)12(11)13-7-16/h2-5,11-12H,6H2,1H3/t11-,12-/m1/s1. The number of ether oxygens (including phenoxy) is 1. The van der Waals surface area contributed by atoms with Crippen LogP contribution in [0.4, 0.5) is 0 Å². The van der Waals surface area contributed by atoms with E-state index in [1.54, 1.807) is 0 Å². The molecule has 0 saturated carbocycles. The molecule has 0 N–H and O–H groups in total. The summed E-state index contributed by atoms with van der Waals surface area (Å²) in [5.41, 5.74) is 2.24. The molecule has 4 heteroatoms. The molecular formula is C12H11NO2S. The van der Waals surface area contributed by atoms with Crippen LogP contribution in [0.5, 0.6) is 0 Å². The molecule has 0 aliphatic heterocycles. The van der Waals surface area contributed by atoms with Gasteiger partial charge in [0, 0.05) is 13.3 Å². The van der Waals surface area contributed by atoms with Gasteiger partial charge in [-0.2, -0.15) is 0 Å². The maximum absolute atomic E-state index is 11.0. The van der Waals surface area contributed by atoms with Crippen molar-refractivity contribution >= 4 is 23.3 Å². The summed E-state index contributed by atoms with van der Waals surface area (Å²) >= 11 is 4.63. The summed E-state index contributed by atoms with van der Waals surface area (Å²) in [7, 11) is 0. The third kappa shape index (κ3) is 2.03. The van der Waals surface area contributed by atoms with E-state index in [-0.39, 0.29) is 18.1 Å². The maximum atomic E-state index is 11.0. The van der Waals surface area contributed by atoms with E-state index in [0.29, 0.717) is 6.42 Å². The molecular weight excluding hydrogens is 222 g/mol. The van der Waals surface area contributed by atoms with Crippen LogP contribution in [0.25, 0.3) is 0 Å². The van der Waals surface area contributed by atoms with E-state index in [0.717, 1.165) is 11.1 Å². The van der Waals surface area contributed by atoms with Gasteiger partial charge in [0.25, 0.3) is 0 Å². The lowest BCUT2D eigenvalue weighted by Crippen LogP contribution is -2.19. The first-order valence-corrected chi connectivity index (χ1v) is 5.45. The summed E-state index contributed by atoms with van der Waals surface area (Å²) in [6, 6.07) is 7.72. The molecule has 3 nitrogen and oxygen atoms in total. The summed E-state index contributed by atoms with van der Waals surface area (Å²) in [5.74, 6) is -0.289. The Bertz CT molecular complexity index is 466. The molecule has 0 saturated heterocycles. The number of isothiocyanates is 1. The van der Waals surface area contributed by atoms with Gasteiger partial charge < -0.3 is 4.74 Å². The molecule has 0 amide bonds. The van der Waals surface area contributed by atoms with E-state index in [9.17, 15) is 4.79 Å². The third-order valence-electron chi connectivity index (χ3n) is 2.66. The Kier molecular flexibility index (Phi) is 3.13. The van der Waals surface area contributed by atoms with Crippen LogP contribution in [0.15, 0.2) is 29.3 Å². The summed E-state index contributed by atoms with van der Waals surface area (Å²) in [4.78, 5) is 15.1. The molecule has 1 aromatic carbocycles. The number of thiocarbonyl (C=S) groups is 1. The summed E-state index contributed by atoms with van der Waals surface area (Å²) in [6.07, 6.45) is 0.450. The maximum Gasteiger partial charge on any atom is 0.303 e. The van der Waals surface area contributed by atoms with Crippen LogP contribution in [0, 0.1) is 0 Å². The largest absolute Gasteiger partial charge is 0.460 e. The predicted octanol–water partition coefficient (Wildman–Crippen LogP) is 2.32. The van der Waals surface area contributed by atoms with Gasteiger partial charge in [0.05, 0.1) is 5.16 Å². The zero-order chi connectivity index (χ0) is 11.5. The van der Waals surface area contributed by atoms with E-state index >= 15 is 0 Å². The summed E-state index contributed by atoms with van der Waals surface area (Å²) < 4.78 is 5.24. The smallest absolute Gasteiger partial charge is 0.303 e. The molecule has 0 bridgehead atoms. The lowest BCUT2D eigenvalue weighted by molar-refractivity contribution is -0.146. The second-order valence-corrected chi connectivity index (χ2v) is 3.90. The Balaban J connectivity index is 2.33. The minimum atomic E-state index is -0.289. The van der Waals surface area contributed by atoms with Gasteiger partial charge in [-0.15, -0.1) is 0 Å². The van der Waals surface area contributed by atoms with Gasteiger partial charge in [0.2, 0.25) is 0 Å². The number of hydrogen-bond acceptors (Lipinski definition) is 4. The van der Waals surface area contributed by atoms with Crippen LogP contribution >= 0.6 is 12.2 Å². The zero-order valence-corrected chi connectivity index (χ0v) is 9.66. The molecule has 0 spiro atoms. The Labute approximate surface area is 99.1 Å². The van der Waals surface area contributed by atoms with Crippen molar-refractivity contribution in [3.8, 4) is 0 Å². The van der Waals surface area contributed by atoms with Crippen LogP contribution in [0.3, 0.4) is 0 Å². The predicted molar refractivity (Wildman–Crippen MR) is 63.5 cm³/mol. The molecule has 0 heterocycles. The second kappa shape index (κ2) is 4.56. The van der Waals surface area contributed by atoms with Crippen molar-refractivity contribution in [2.24, 2.45) is 4.99 Å². The van der Waals surface area contributed by atoms with Crippen molar-refractivity contribution in [3.05, 3.63) is 35.4 Å². The monoisotopic (exact) mass is 233 g/mol. The minimum absolute atomic E-state index is 0.197. The number of carbonyl (C=O) groups is 1. The van der Waals surface area contributed by atoms with Crippen LogP contribution in [-0.4, -0.2) is 17.2 Å². The molecule has 2 atom stereocenters. The van der Waals surface area contributed by atoms with Crippen molar-refractivity contribution in [1.29, 1.82) is 0 Å². The third-order valence-corrected chi connectivity index (χ3v) is 2.76. The van der Waals surface area contributed by atoms with Crippen molar-refractivity contribution in [1.82, 2.24) is 0 Å². The van der Waals surface area contributed by atoms with Gasteiger partial charge in [0.1, 0.15) is 12.1 Å². The van der Waals surface area contributed by atoms with Crippen LogP contribution in [-0.2, 0) is 16.0 Å². The van der Waals surface area contributed by atoms with E-state index in [1.807, 2.05) is 24.3 Å². The highest BCUT2D eigenvalue weighted by Crippen LogP contribution is 2.35. The lowest BCUT2D eigenvalue weighted by atomic mass is 10.1.